The predicted molar refractivity (Wildman–Crippen MR) is 34.8 cm³/mol. The van der Waals surface area contributed by atoms with E-state index in [0.29, 0.717) is 6.42 Å². The lowest BCUT2D eigenvalue weighted by molar-refractivity contribution is -0.123. The van der Waals surface area contributed by atoms with Crippen LogP contribution in [0.5, 0.6) is 0 Å². The number of hydrogen-bond donors (Lipinski definition) is 2. The Kier molecular flexibility index (Phi) is 1.71. The van der Waals surface area contributed by atoms with Crippen LogP contribution in [0.1, 0.15) is 19.8 Å². The first-order valence-corrected chi connectivity index (χ1v) is 3.25. The Balaban J connectivity index is 2.44. The van der Waals surface area contributed by atoms with Gasteiger partial charge in [0.1, 0.15) is 0 Å². The van der Waals surface area contributed by atoms with Gasteiger partial charge in [0, 0.05) is 18.5 Å². The van der Waals surface area contributed by atoms with E-state index in [0.717, 1.165) is 6.42 Å². The largest absolute Gasteiger partial charge is 0.352 e. The summed E-state index contributed by atoms with van der Waals surface area (Å²) in [7, 11) is 0. The SMILES string of the molecule is C[C@H]1NC(=O)CC[C@@H]1N. The molecule has 1 saturated heterocycles. The molecule has 0 aliphatic carbocycles. The van der Waals surface area contributed by atoms with Gasteiger partial charge in [-0.3, -0.25) is 4.79 Å². The third-order valence-corrected chi connectivity index (χ3v) is 1.74. The van der Waals surface area contributed by atoms with Gasteiger partial charge in [-0.25, -0.2) is 0 Å². The van der Waals surface area contributed by atoms with Gasteiger partial charge >= 0.3 is 0 Å². The number of carbonyl (C=O) groups excluding carboxylic acids is 1. The number of nitrogens with one attached hydrogen (secondary N) is 1. The summed E-state index contributed by atoms with van der Waals surface area (Å²) in [6, 6.07) is 0.314. The number of piperidine rings is 1. The van der Waals surface area contributed by atoms with Crippen LogP contribution < -0.4 is 11.1 Å². The van der Waals surface area contributed by atoms with Crippen LogP contribution in [0.3, 0.4) is 0 Å². The third-order valence-electron chi connectivity index (χ3n) is 1.74. The Morgan fingerprint density at radius 3 is 2.89 bits per heavy atom. The average molecular weight is 128 g/mol. The van der Waals surface area contributed by atoms with Gasteiger partial charge in [-0.15, -0.1) is 0 Å². The van der Waals surface area contributed by atoms with Crippen molar-refractivity contribution in [2.24, 2.45) is 5.73 Å². The average Bonchev–Trinajstić information content (AvgIpc) is 1.80. The van der Waals surface area contributed by atoms with Crippen molar-refractivity contribution in [2.75, 3.05) is 0 Å². The Morgan fingerprint density at radius 1 is 1.78 bits per heavy atom. The number of carbonyl (C=O) groups is 1. The zero-order chi connectivity index (χ0) is 6.85. The van der Waals surface area contributed by atoms with Gasteiger partial charge in [0.05, 0.1) is 0 Å². The fourth-order valence-electron chi connectivity index (χ4n) is 0.981. The van der Waals surface area contributed by atoms with Crippen LogP contribution in [0, 0.1) is 0 Å². The maximum Gasteiger partial charge on any atom is 0.220 e. The van der Waals surface area contributed by atoms with Crippen LogP contribution in [0.2, 0.25) is 0 Å². The van der Waals surface area contributed by atoms with Gasteiger partial charge < -0.3 is 11.1 Å². The lowest BCUT2D eigenvalue weighted by Gasteiger charge is -2.25. The molecule has 0 saturated carbocycles. The maximum atomic E-state index is 10.7. The van der Waals surface area contributed by atoms with E-state index in [2.05, 4.69) is 5.32 Å². The molecule has 0 unspecified atom stereocenters. The molecule has 0 aromatic rings. The molecular weight excluding hydrogens is 116 g/mol. The topological polar surface area (TPSA) is 55.1 Å². The zero-order valence-electron chi connectivity index (χ0n) is 5.55. The molecule has 2 atom stereocenters. The van der Waals surface area contributed by atoms with E-state index < -0.39 is 0 Å². The molecule has 3 nitrogen and oxygen atoms in total. The standard InChI is InChI=1S/C6H12N2O/c1-4-5(7)2-3-6(9)8-4/h4-5H,2-3,7H2,1H3,(H,8,9)/t4-,5+/m1/s1. The number of hydrogen-bond acceptors (Lipinski definition) is 2. The summed E-state index contributed by atoms with van der Waals surface area (Å²) in [5.41, 5.74) is 5.63. The maximum absolute atomic E-state index is 10.7. The Bertz CT molecular complexity index is 124. The van der Waals surface area contributed by atoms with Gasteiger partial charge in [-0.05, 0) is 13.3 Å². The first-order valence-electron chi connectivity index (χ1n) is 3.25. The van der Waals surface area contributed by atoms with E-state index in [1.54, 1.807) is 0 Å². The van der Waals surface area contributed by atoms with E-state index in [9.17, 15) is 4.79 Å². The molecule has 1 rings (SSSR count). The van der Waals surface area contributed by atoms with Crippen LogP contribution in [0.25, 0.3) is 0 Å². The minimum Gasteiger partial charge on any atom is -0.352 e. The van der Waals surface area contributed by atoms with Crippen molar-refractivity contribution in [3.05, 3.63) is 0 Å². The Hall–Kier alpha value is -0.570. The quantitative estimate of drug-likeness (QED) is 0.467. The van der Waals surface area contributed by atoms with Crippen molar-refractivity contribution in [3.8, 4) is 0 Å². The second-order valence-corrected chi connectivity index (χ2v) is 2.56. The second-order valence-electron chi connectivity index (χ2n) is 2.56. The monoisotopic (exact) mass is 128 g/mol. The smallest absolute Gasteiger partial charge is 0.220 e. The molecule has 0 bridgehead atoms. The van der Waals surface area contributed by atoms with Crippen LogP contribution in [0.4, 0.5) is 0 Å². The second kappa shape index (κ2) is 2.35. The van der Waals surface area contributed by atoms with E-state index in [1.807, 2.05) is 6.92 Å². The fourth-order valence-corrected chi connectivity index (χ4v) is 0.981. The molecular formula is C6H12N2O. The molecule has 3 heteroatoms. The molecule has 0 aromatic heterocycles. The molecule has 1 amide bonds. The van der Waals surface area contributed by atoms with E-state index in [-0.39, 0.29) is 18.0 Å². The Labute approximate surface area is 54.6 Å². The summed E-state index contributed by atoms with van der Waals surface area (Å²) in [5, 5.41) is 2.77. The summed E-state index contributed by atoms with van der Waals surface area (Å²) < 4.78 is 0. The van der Waals surface area contributed by atoms with Crippen LogP contribution in [0.15, 0.2) is 0 Å². The zero-order valence-corrected chi connectivity index (χ0v) is 5.55. The van der Waals surface area contributed by atoms with Crippen LogP contribution >= 0.6 is 0 Å². The molecule has 1 aliphatic rings. The summed E-state index contributed by atoms with van der Waals surface area (Å²) in [6.07, 6.45) is 1.42. The van der Waals surface area contributed by atoms with Crippen molar-refractivity contribution in [3.63, 3.8) is 0 Å². The van der Waals surface area contributed by atoms with Gasteiger partial charge in [-0.2, -0.15) is 0 Å². The molecule has 9 heavy (non-hydrogen) atoms. The predicted octanol–water partition coefficient (Wildman–Crippen LogP) is -0.388. The summed E-state index contributed by atoms with van der Waals surface area (Å²) >= 11 is 0. The molecule has 1 aliphatic heterocycles. The first kappa shape index (κ1) is 6.55. The Morgan fingerprint density at radius 2 is 2.44 bits per heavy atom. The molecule has 3 N–H and O–H groups in total. The lowest BCUT2D eigenvalue weighted by Crippen LogP contribution is -2.50. The number of rotatable bonds is 0. The molecule has 52 valence electrons. The van der Waals surface area contributed by atoms with Crippen LogP contribution in [-0.2, 0) is 4.79 Å². The molecule has 0 radical (unpaired) electrons. The van der Waals surface area contributed by atoms with Crippen molar-refractivity contribution in [1.82, 2.24) is 5.32 Å². The van der Waals surface area contributed by atoms with Gasteiger partial charge in [0.15, 0.2) is 0 Å². The van der Waals surface area contributed by atoms with Crippen molar-refractivity contribution < 1.29 is 4.79 Å². The van der Waals surface area contributed by atoms with Gasteiger partial charge in [0.25, 0.3) is 0 Å². The highest BCUT2D eigenvalue weighted by Crippen LogP contribution is 2.05. The van der Waals surface area contributed by atoms with Crippen LogP contribution in [-0.4, -0.2) is 18.0 Å². The normalized spacial score (nSPS) is 36.0. The number of nitrogens with two attached hydrogens (primary N) is 1. The highest BCUT2D eigenvalue weighted by atomic mass is 16.1. The number of amides is 1. The van der Waals surface area contributed by atoms with Gasteiger partial charge in [0.2, 0.25) is 5.91 Å². The minimum absolute atomic E-state index is 0.129. The van der Waals surface area contributed by atoms with Crippen molar-refractivity contribution in [2.45, 2.75) is 31.8 Å². The summed E-state index contributed by atoms with van der Waals surface area (Å²) in [5.74, 6) is 0.129. The summed E-state index contributed by atoms with van der Waals surface area (Å²) in [4.78, 5) is 10.7. The molecule has 1 heterocycles. The highest BCUT2D eigenvalue weighted by molar-refractivity contribution is 5.77. The van der Waals surface area contributed by atoms with Crippen molar-refractivity contribution >= 4 is 5.91 Å². The first-order chi connectivity index (χ1) is 4.20. The van der Waals surface area contributed by atoms with E-state index in [4.69, 9.17) is 5.73 Å². The fraction of sp³-hybridized carbons (Fsp3) is 0.833. The van der Waals surface area contributed by atoms with Crippen molar-refractivity contribution in [1.29, 1.82) is 0 Å². The third kappa shape index (κ3) is 1.42. The van der Waals surface area contributed by atoms with E-state index >= 15 is 0 Å². The highest BCUT2D eigenvalue weighted by Gasteiger charge is 2.20. The lowest BCUT2D eigenvalue weighted by atomic mass is 10.0. The van der Waals surface area contributed by atoms with Gasteiger partial charge in [-0.1, -0.05) is 0 Å². The minimum atomic E-state index is 0.129. The molecule has 0 aromatic carbocycles. The summed E-state index contributed by atoms with van der Waals surface area (Å²) in [6.45, 7) is 1.93. The molecule has 1 fully saturated rings. The molecule has 0 spiro atoms. The van der Waals surface area contributed by atoms with E-state index in [1.165, 1.54) is 0 Å².